The number of rotatable bonds is 6. The van der Waals surface area contributed by atoms with Gasteiger partial charge < -0.3 is 15.1 Å². The van der Waals surface area contributed by atoms with Gasteiger partial charge >= 0.3 is 0 Å². The minimum atomic E-state index is 0. The van der Waals surface area contributed by atoms with Gasteiger partial charge in [0.1, 0.15) is 0 Å². The molecule has 0 aliphatic heterocycles. The van der Waals surface area contributed by atoms with Crippen molar-refractivity contribution in [2.24, 2.45) is 4.99 Å². The smallest absolute Gasteiger partial charge is 0.193 e. The van der Waals surface area contributed by atoms with Crippen LogP contribution in [-0.2, 0) is 6.54 Å². The maximum Gasteiger partial charge on any atom is 0.193 e. The number of nitrogens with one attached hydrogen (secondary N) is 1. The Morgan fingerprint density at radius 2 is 1.82 bits per heavy atom. The van der Waals surface area contributed by atoms with E-state index in [9.17, 15) is 0 Å². The van der Waals surface area contributed by atoms with E-state index in [1.807, 2.05) is 7.05 Å². The normalized spacial score (nSPS) is 11.5. The van der Waals surface area contributed by atoms with E-state index in [0.29, 0.717) is 6.04 Å². The van der Waals surface area contributed by atoms with Gasteiger partial charge in [0, 0.05) is 44.2 Å². The van der Waals surface area contributed by atoms with Crippen molar-refractivity contribution in [3.8, 4) is 0 Å². The highest BCUT2D eigenvalue weighted by Gasteiger charge is 2.07. The predicted octanol–water partition coefficient (Wildman–Crippen LogP) is 3.41. The fourth-order valence-corrected chi connectivity index (χ4v) is 2.19. The maximum absolute atomic E-state index is 4.35. The van der Waals surface area contributed by atoms with E-state index in [4.69, 9.17) is 0 Å². The van der Waals surface area contributed by atoms with Crippen LogP contribution in [0.5, 0.6) is 0 Å². The summed E-state index contributed by atoms with van der Waals surface area (Å²) in [4.78, 5) is 8.80. The summed E-state index contributed by atoms with van der Waals surface area (Å²) in [5.74, 6) is 0.926. The van der Waals surface area contributed by atoms with Crippen LogP contribution in [0.4, 0.5) is 0 Å². The molecule has 4 nitrogen and oxygen atoms in total. The highest BCUT2D eigenvalue weighted by Crippen LogP contribution is 2.11. The minimum absolute atomic E-state index is 0. The van der Waals surface area contributed by atoms with Gasteiger partial charge in [0.15, 0.2) is 5.96 Å². The van der Waals surface area contributed by atoms with Crippen LogP contribution in [0.1, 0.15) is 19.4 Å². The van der Waals surface area contributed by atoms with Gasteiger partial charge in [0.2, 0.25) is 0 Å². The molecular weight excluding hydrogens is 455 g/mol. The van der Waals surface area contributed by atoms with Crippen molar-refractivity contribution in [1.29, 1.82) is 0 Å². The lowest BCUT2D eigenvalue weighted by Crippen LogP contribution is -2.42. The molecule has 6 heteroatoms. The molecule has 1 aromatic rings. The summed E-state index contributed by atoms with van der Waals surface area (Å²) in [6.45, 7) is 7.14. The number of halogens is 2. The Morgan fingerprint density at radius 1 is 1.23 bits per heavy atom. The summed E-state index contributed by atoms with van der Waals surface area (Å²) in [6.07, 6.45) is 0. The molecule has 0 radical (unpaired) electrons. The second kappa shape index (κ2) is 11.2. The van der Waals surface area contributed by atoms with Gasteiger partial charge in [0.05, 0.1) is 0 Å². The van der Waals surface area contributed by atoms with Gasteiger partial charge in [-0.15, -0.1) is 24.0 Å². The van der Waals surface area contributed by atoms with Crippen molar-refractivity contribution in [2.45, 2.75) is 26.4 Å². The molecule has 1 aromatic carbocycles. The predicted molar refractivity (Wildman–Crippen MR) is 110 cm³/mol. The highest BCUT2D eigenvalue weighted by molar-refractivity contribution is 14.0. The fourth-order valence-electron chi connectivity index (χ4n) is 1.93. The maximum atomic E-state index is 4.35. The second-order valence-electron chi connectivity index (χ2n) is 5.53. The number of benzene rings is 1. The van der Waals surface area contributed by atoms with E-state index in [-0.39, 0.29) is 24.0 Å². The molecule has 22 heavy (non-hydrogen) atoms. The second-order valence-corrected chi connectivity index (χ2v) is 6.45. The molecule has 0 fully saturated rings. The molecule has 1 N–H and O–H groups in total. The first-order chi connectivity index (χ1) is 9.93. The van der Waals surface area contributed by atoms with Gasteiger partial charge in [-0.25, -0.2) is 0 Å². The topological polar surface area (TPSA) is 30.9 Å². The molecule has 0 unspecified atom stereocenters. The Labute approximate surface area is 160 Å². The Kier molecular flexibility index (Phi) is 11.1. The third kappa shape index (κ3) is 7.78. The monoisotopic (exact) mass is 482 g/mol. The van der Waals surface area contributed by atoms with Crippen molar-refractivity contribution >= 4 is 45.9 Å². The molecule has 0 saturated carbocycles. The average Bonchev–Trinajstić information content (AvgIpc) is 2.45. The van der Waals surface area contributed by atoms with Gasteiger partial charge in [-0.05, 0) is 38.6 Å². The highest BCUT2D eigenvalue weighted by atomic mass is 127. The zero-order valence-corrected chi connectivity index (χ0v) is 18.1. The molecule has 0 heterocycles. The Morgan fingerprint density at radius 3 is 2.32 bits per heavy atom. The van der Waals surface area contributed by atoms with E-state index >= 15 is 0 Å². The summed E-state index contributed by atoms with van der Waals surface area (Å²) >= 11 is 3.46. The van der Waals surface area contributed by atoms with Crippen molar-refractivity contribution in [2.75, 3.05) is 34.2 Å². The first kappa shape index (κ1) is 21.7. The summed E-state index contributed by atoms with van der Waals surface area (Å²) in [7, 11) is 6.02. The molecule has 0 saturated heterocycles. The molecule has 0 amide bonds. The Hall–Kier alpha value is -0.340. The van der Waals surface area contributed by atoms with Gasteiger partial charge in [0.25, 0.3) is 0 Å². The minimum Gasteiger partial charge on any atom is -0.355 e. The summed E-state index contributed by atoms with van der Waals surface area (Å²) in [6, 6.07) is 8.95. The largest absolute Gasteiger partial charge is 0.355 e. The average molecular weight is 483 g/mol. The van der Waals surface area contributed by atoms with Crippen LogP contribution < -0.4 is 5.32 Å². The van der Waals surface area contributed by atoms with Crippen molar-refractivity contribution in [3.05, 3.63) is 34.3 Å². The van der Waals surface area contributed by atoms with Crippen LogP contribution >= 0.6 is 39.9 Å². The quantitative estimate of drug-likeness (QED) is 0.383. The van der Waals surface area contributed by atoms with Gasteiger partial charge in [-0.1, -0.05) is 28.1 Å². The molecule has 0 aromatic heterocycles. The molecule has 1 rings (SSSR count). The number of hydrogen-bond donors (Lipinski definition) is 1. The van der Waals surface area contributed by atoms with Gasteiger partial charge in [-0.2, -0.15) is 0 Å². The fraction of sp³-hybridized carbons (Fsp3) is 0.562. The number of guanidine groups is 1. The Balaban J connectivity index is 0.00000441. The number of likely N-dealkylation sites (N-methyl/N-ethyl adjacent to an activating group) is 1. The van der Waals surface area contributed by atoms with Crippen LogP contribution in [0, 0.1) is 0 Å². The third-order valence-electron chi connectivity index (χ3n) is 3.54. The molecule has 0 atom stereocenters. The van der Waals surface area contributed by atoms with Crippen LogP contribution in [0.15, 0.2) is 33.7 Å². The van der Waals surface area contributed by atoms with E-state index in [1.165, 1.54) is 5.56 Å². The van der Waals surface area contributed by atoms with Crippen LogP contribution in [0.3, 0.4) is 0 Å². The van der Waals surface area contributed by atoms with Crippen LogP contribution in [0.25, 0.3) is 0 Å². The van der Waals surface area contributed by atoms with Crippen LogP contribution in [-0.4, -0.2) is 56.0 Å². The van der Waals surface area contributed by atoms with E-state index in [1.54, 1.807) is 0 Å². The van der Waals surface area contributed by atoms with E-state index in [0.717, 1.165) is 30.1 Å². The van der Waals surface area contributed by atoms with Crippen LogP contribution in [0.2, 0.25) is 0 Å². The number of aliphatic imine (C=N–C) groups is 1. The first-order valence-corrected chi connectivity index (χ1v) is 8.09. The SMILES string of the molecule is CN=C(NCCN(C)C(C)C)N(C)Cc1ccc(Br)cc1.I. The zero-order chi connectivity index (χ0) is 15.8. The van der Waals surface area contributed by atoms with Crippen molar-refractivity contribution < 1.29 is 0 Å². The number of hydrogen-bond acceptors (Lipinski definition) is 2. The zero-order valence-electron chi connectivity index (χ0n) is 14.1. The Bertz CT molecular complexity index is 448. The third-order valence-corrected chi connectivity index (χ3v) is 4.06. The van der Waals surface area contributed by atoms with E-state index < -0.39 is 0 Å². The summed E-state index contributed by atoms with van der Waals surface area (Å²) < 4.78 is 1.10. The first-order valence-electron chi connectivity index (χ1n) is 7.30. The lowest BCUT2D eigenvalue weighted by atomic mass is 10.2. The lowest BCUT2D eigenvalue weighted by Gasteiger charge is -2.25. The number of nitrogens with zero attached hydrogens (tertiary/aromatic N) is 3. The van der Waals surface area contributed by atoms with Crippen molar-refractivity contribution in [1.82, 2.24) is 15.1 Å². The molecule has 126 valence electrons. The lowest BCUT2D eigenvalue weighted by molar-refractivity contribution is 0.277. The summed E-state index contributed by atoms with van der Waals surface area (Å²) in [5.41, 5.74) is 1.27. The molecule has 0 aliphatic rings. The summed E-state index contributed by atoms with van der Waals surface area (Å²) in [5, 5.41) is 3.41. The molecule has 0 bridgehead atoms. The molecule has 0 spiro atoms. The van der Waals surface area contributed by atoms with Gasteiger partial charge in [-0.3, -0.25) is 4.99 Å². The van der Waals surface area contributed by atoms with E-state index in [2.05, 4.69) is 88.2 Å². The standard InChI is InChI=1S/C16H27BrN4.HI/c1-13(2)20(4)11-10-19-16(18-3)21(5)12-14-6-8-15(17)9-7-14;/h6-9,13H,10-12H2,1-5H3,(H,18,19);1H. The van der Waals surface area contributed by atoms with Crippen molar-refractivity contribution in [3.63, 3.8) is 0 Å². The molecule has 0 aliphatic carbocycles. The molecular formula is C16H28BrIN4.